The number of rotatable bonds is 11. The summed E-state index contributed by atoms with van der Waals surface area (Å²) in [6.07, 6.45) is 15.1. The van der Waals surface area contributed by atoms with Gasteiger partial charge in [-0.25, -0.2) is 0 Å². The lowest BCUT2D eigenvalue weighted by atomic mass is 9.94. The molecule has 0 amide bonds. The second-order valence-corrected chi connectivity index (χ2v) is 6.07. The topological polar surface area (TPSA) is 12.9 Å². The summed E-state index contributed by atoms with van der Waals surface area (Å²) < 4.78 is 0. The molecule has 0 aliphatic rings. The number of nitrogens with zero attached hydrogens (tertiary/aromatic N) is 1. The molecule has 0 aliphatic heterocycles. The summed E-state index contributed by atoms with van der Waals surface area (Å²) in [6.45, 7) is 10.9. The van der Waals surface area contributed by atoms with E-state index in [4.69, 9.17) is 0 Å². The fourth-order valence-electron chi connectivity index (χ4n) is 2.82. The van der Waals surface area contributed by atoms with Crippen molar-refractivity contribution in [2.24, 2.45) is 5.92 Å². The summed E-state index contributed by atoms with van der Waals surface area (Å²) >= 11 is 0. The molecule has 0 N–H and O–H groups in total. The molecule has 0 radical (unpaired) electrons. The van der Waals surface area contributed by atoms with E-state index >= 15 is 0 Å². The summed E-state index contributed by atoms with van der Waals surface area (Å²) in [4.78, 5) is 4.64. The van der Waals surface area contributed by atoms with Crippen LogP contribution in [0.3, 0.4) is 0 Å². The number of unbranched alkanes of at least 4 members (excludes halogenated alkanes) is 3. The van der Waals surface area contributed by atoms with E-state index in [0.717, 1.165) is 12.3 Å². The van der Waals surface area contributed by atoms with Crippen molar-refractivity contribution in [1.29, 1.82) is 0 Å². The smallest absolute Gasteiger partial charge is 0.0403 e. The van der Waals surface area contributed by atoms with Crippen molar-refractivity contribution >= 4 is 0 Å². The van der Waals surface area contributed by atoms with Gasteiger partial charge in [0, 0.05) is 11.9 Å². The van der Waals surface area contributed by atoms with E-state index in [1.807, 2.05) is 13.8 Å². The Labute approximate surface area is 139 Å². The van der Waals surface area contributed by atoms with Crippen LogP contribution in [0.4, 0.5) is 0 Å². The zero-order chi connectivity index (χ0) is 16.6. The maximum atomic E-state index is 4.64. The molecule has 22 heavy (non-hydrogen) atoms. The first-order chi connectivity index (χ1) is 10.8. The molecule has 0 aromatic carbocycles. The van der Waals surface area contributed by atoms with Gasteiger partial charge >= 0.3 is 0 Å². The normalized spacial score (nSPS) is 11.7. The van der Waals surface area contributed by atoms with Crippen molar-refractivity contribution < 1.29 is 0 Å². The molecule has 1 heterocycles. The first-order valence-electron chi connectivity index (χ1n) is 9.73. The van der Waals surface area contributed by atoms with Crippen molar-refractivity contribution in [3.05, 3.63) is 29.6 Å². The number of hydrogen-bond acceptors (Lipinski definition) is 1. The predicted octanol–water partition coefficient (Wildman–Crippen LogP) is 6.99. The second kappa shape index (κ2) is 15.1. The highest BCUT2D eigenvalue weighted by atomic mass is 14.7. The van der Waals surface area contributed by atoms with E-state index < -0.39 is 0 Å². The Hall–Kier alpha value is -0.850. The highest BCUT2D eigenvalue weighted by Crippen LogP contribution is 2.18. The quantitative estimate of drug-likeness (QED) is 0.401. The average Bonchev–Trinajstić information content (AvgIpc) is 2.58. The largest absolute Gasteiger partial charge is 0.261 e. The van der Waals surface area contributed by atoms with Crippen LogP contribution < -0.4 is 0 Å². The second-order valence-electron chi connectivity index (χ2n) is 6.07. The summed E-state index contributed by atoms with van der Waals surface area (Å²) in [7, 11) is 0. The van der Waals surface area contributed by atoms with Crippen LogP contribution in [0.25, 0.3) is 0 Å². The molecule has 0 spiro atoms. The van der Waals surface area contributed by atoms with Crippen molar-refractivity contribution in [2.75, 3.05) is 0 Å². The van der Waals surface area contributed by atoms with Crippen LogP contribution in [0.2, 0.25) is 0 Å². The first kappa shape index (κ1) is 21.1. The van der Waals surface area contributed by atoms with Crippen LogP contribution in [0.15, 0.2) is 18.3 Å². The minimum absolute atomic E-state index is 0.885. The molecule has 1 heteroatoms. The molecular formula is C21H39N. The van der Waals surface area contributed by atoms with Gasteiger partial charge in [-0.1, -0.05) is 79.2 Å². The van der Waals surface area contributed by atoms with Crippen molar-refractivity contribution in [3.8, 4) is 0 Å². The minimum atomic E-state index is 0.885. The molecule has 0 bridgehead atoms. The highest BCUT2D eigenvalue weighted by molar-refractivity contribution is 5.14. The van der Waals surface area contributed by atoms with Gasteiger partial charge in [0.15, 0.2) is 0 Å². The zero-order valence-electron chi connectivity index (χ0n) is 15.8. The Balaban J connectivity index is 0.00000211. The third-order valence-corrected chi connectivity index (χ3v) is 4.29. The van der Waals surface area contributed by atoms with E-state index in [-0.39, 0.29) is 0 Å². The van der Waals surface area contributed by atoms with Crippen molar-refractivity contribution in [3.63, 3.8) is 0 Å². The third-order valence-electron chi connectivity index (χ3n) is 4.29. The Morgan fingerprint density at radius 2 is 1.64 bits per heavy atom. The molecule has 1 atom stereocenters. The molecule has 0 saturated heterocycles. The Morgan fingerprint density at radius 3 is 2.18 bits per heavy atom. The molecule has 1 unspecified atom stereocenters. The maximum Gasteiger partial charge on any atom is 0.0403 e. The van der Waals surface area contributed by atoms with E-state index in [9.17, 15) is 0 Å². The van der Waals surface area contributed by atoms with Crippen molar-refractivity contribution in [1.82, 2.24) is 4.98 Å². The fourth-order valence-corrected chi connectivity index (χ4v) is 2.82. The Bertz CT molecular complexity index is 328. The van der Waals surface area contributed by atoms with E-state index in [2.05, 4.69) is 44.1 Å². The Morgan fingerprint density at radius 1 is 0.864 bits per heavy atom. The first-order valence-corrected chi connectivity index (χ1v) is 9.73. The SMILES string of the molecule is CC.CCCCCCc1ccc(CCC(CC)CCC)nc1. The van der Waals surface area contributed by atoms with Crippen LogP contribution in [0.5, 0.6) is 0 Å². The van der Waals surface area contributed by atoms with Crippen LogP contribution >= 0.6 is 0 Å². The van der Waals surface area contributed by atoms with Crippen LogP contribution in [-0.2, 0) is 12.8 Å². The summed E-state index contributed by atoms with van der Waals surface area (Å²) in [5, 5.41) is 0. The van der Waals surface area contributed by atoms with Crippen LogP contribution in [0.1, 0.15) is 97.2 Å². The highest BCUT2D eigenvalue weighted by Gasteiger charge is 2.06. The third kappa shape index (κ3) is 9.97. The maximum absolute atomic E-state index is 4.64. The van der Waals surface area contributed by atoms with Gasteiger partial charge in [0.05, 0.1) is 0 Å². The van der Waals surface area contributed by atoms with Gasteiger partial charge in [0.1, 0.15) is 0 Å². The van der Waals surface area contributed by atoms with E-state index in [1.54, 1.807) is 0 Å². The minimum Gasteiger partial charge on any atom is -0.261 e. The van der Waals surface area contributed by atoms with Gasteiger partial charge in [-0.05, 0) is 43.2 Å². The van der Waals surface area contributed by atoms with Gasteiger partial charge in [-0.3, -0.25) is 4.98 Å². The van der Waals surface area contributed by atoms with Crippen LogP contribution in [-0.4, -0.2) is 4.98 Å². The number of aryl methyl sites for hydroxylation is 2. The fraction of sp³-hybridized carbons (Fsp3) is 0.762. The number of aromatic nitrogens is 1. The monoisotopic (exact) mass is 305 g/mol. The van der Waals surface area contributed by atoms with E-state index in [1.165, 1.54) is 69.0 Å². The molecule has 1 aromatic heterocycles. The average molecular weight is 306 g/mol. The van der Waals surface area contributed by atoms with Gasteiger partial charge in [-0.15, -0.1) is 0 Å². The predicted molar refractivity (Wildman–Crippen MR) is 100 cm³/mol. The van der Waals surface area contributed by atoms with Gasteiger partial charge in [0.2, 0.25) is 0 Å². The molecule has 128 valence electrons. The molecule has 0 fully saturated rings. The summed E-state index contributed by atoms with van der Waals surface area (Å²) in [5.41, 5.74) is 2.68. The summed E-state index contributed by atoms with van der Waals surface area (Å²) in [6, 6.07) is 4.53. The van der Waals surface area contributed by atoms with Crippen molar-refractivity contribution in [2.45, 2.75) is 98.8 Å². The van der Waals surface area contributed by atoms with Gasteiger partial charge in [0.25, 0.3) is 0 Å². The van der Waals surface area contributed by atoms with Gasteiger partial charge in [-0.2, -0.15) is 0 Å². The van der Waals surface area contributed by atoms with E-state index in [0.29, 0.717) is 0 Å². The molecule has 0 saturated carbocycles. The summed E-state index contributed by atoms with van der Waals surface area (Å²) in [5.74, 6) is 0.885. The molecule has 1 aromatic rings. The lowest BCUT2D eigenvalue weighted by Crippen LogP contribution is -2.02. The molecular weight excluding hydrogens is 266 g/mol. The molecule has 1 rings (SSSR count). The Kier molecular flexibility index (Phi) is 14.5. The lowest BCUT2D eigenvalue weighted by molar-refractivity contribution is 0.430. The van der Waals surface area contributed by atoms with Gasteiger partial charge < -0.3 is 0 Å². The zero-order valence-corrected chi connectivity index (χ0v) is 15.8. The number of pyridine rings is 1. The number of hydrogen-bond donors (Lipinski definition) is 0. The van der Waals surface area contributed by atoms with Crippen LogP contribution in [0, 0.1) is 5.92 Å². The standard InChI is InChI=1S/C19H33N.C2H6/c1-4-7-8-9-11-18-13-15-19(20-16-18)14-12-17(6-3)10-5-2;1-2/h13,15-17H,4-12,14H2,1-3H3;1-2H3. The molecule has 0 aliphatic carbocycles. The lowest BCUT2D eigenvalue weighted by Gasteiger charge is -2.13. The molecule has 1 nitrogen and oxygen atoms in total.